The van der Waals surface area contributed by atoms with Crippen LogP contribution in [-0.4, -0.2) is 22.7 Å². The Hall–Kier alpha value is -3.79. The van der Waals surface area contributed by atoms with E-state index in [9.17, 15) is 9.59 Å². The SMILES string of the molecule is Cc1ccccc1C(=O)NC(Cc1ccccc1)C(=O)Cc1cccc2cnccc12. The van der Waals surface area contributed by atoms with Gasteiger partial charge < -0.3 is 5.32 Å². The van der Waals surface area contributed by atoms with Crippen LogP contribution >= 0.6 is 0 Å². The highest BCUT2D eigenvalue weighted by Crippen LogP contribution is 2.19. The number of aryl methyl sites for hydroxylation is 1. The maximum Gasteiger partial charge on any atom is 0.252 e. The molecule has 4 aromatic rings. The number of Topliss-reactive ketones (excluding diaryl/α,β-unsaturated/α-hetero) is 1. The first-order chi connectivity index (χ1) is 15.1. The molecule has 0 aliphatic heterocycles. The predicted molar refractivity (Wildman–Crippen MR) is 123 cm³/mol. The van der Waals surface area contributed by atoms with Gasteiger partial charge in [-0.05, 0) is 47.6 Å². The van der Waals surface area contributed by atoms with Gasteiger partial charge >= 0.3 is 0 Å². The second-order valence-corrected chi connectivity index (χ2v) is 7.69. The van der Waals surface area contributed by atoms with Gasteiger partial charge in [0, 0.05) is 29.8 Å². The molecule has 1 aromatic heterocycles. The summed E-state index contributed by atoms with van der Waals surface area (Å²) in [6.07, 6.45) is 4.22. The zero-order chi connectivity index (χ0) is 21.6. The second kappa shape index (κ2) is 9.35. The van der Waals surface area contributed by atoms with Crippen molar-refractivity contribution < 1.29 is 9.59 Å². The normalized spacial score (nSPS) is 11.8. The maximum atomic E-state index is 13.4. The van der Waals surface area contributed by atoms with Gasteiger partial charge in [0.05, 0.1) is 6.04 Å². The molecule has 0 radical (unpaired) electrons. The van der Waals surface area contributed by atoms with E-state index in [2.05, 4.69) is 10.3 Å². The van der Waals surface area contributed by atoms with Crippen LogP contribution in [0, 0.1) is 6.92 Å². The molecule has 1 heterocycles. The molecule has 0 fully saturated rings. The molecule has 0 aliphatic carbocycles. The quantitative estimate of drug-likeness (QED) is 0.482. The Bertz CT molecular complexity index is 1210. The number of amides is 1. The monoisotopic (exact) mass is 408 g/mol. The smallest absolute Gasteiger partial charge is 0.252 e. The maximum absolute atomic E-state index is 13.4. The summed E-state index contributed by atoms with van der Waals surface area (Å²) in [5, 5.41) is 5.00. The molecule has 0 saturated heterocycles. The van der Waals surface area contributed by atoms with Gasteiger partial charge in [0.25, 0.3) is 5.91 Å². The molecule has 4 nitrogen and oxygen atoms in total. The molecule has 0 spiro atoms. The number of rotatable bonds is 7. The highest BCUT2D eigenvalue weighted by atomic mass is 16.2. The highest BCUT2D eigenvalue weighted by Gasteiger charge is 2.23. The lowest BCUT2D eigenvalue weighted by molar-refractivity contribution is -0.120. The van der Waals surface area contributed by atoms with Crippen LogP contribution in [0.25, 0.3) is 10.8 Å². The molecular weight excluding hydrogens is 384 g/mol. The fraction of sp³-hybridized carbons (Fsp3) is 0.148. The topological polar surface area (TPSA) is 59.1 Å². The predicted octanol–water partition coefficient (Wildman–Crippen LogP) is 4.70. The van der Waals surface area contributed by atoms with Gasteiger partial charge in [-0.3, -0.25) is 14.6 Å². The van der Waals surface area contributed by atoms with Crippen LogP contribution in [0.15, 0.2) is 91.3 Å². The summed E-state index contributed by atoms with van der Waals surface area (Å²) in [4.78, 5) is 30.5. The van der Waals surface area contributed by atoms with E-state index in [0.29, 0.717) is 12.0 Å². The Labute approximate surface area is 182 Å². The molecule has 0 aliphatic rings. The van der Waals surface area contributed by atoms with E-state index in [1.807, 2.05) is 79.7 Å². The third-order valence-electron chi connectivity index (χ3n) is 5.50. The van der Waals surface area contributed by atoms with Crippen LogP contribution in [0.2, 0.25) is 0 Å². The van der Waals surface area contributed by atoms with Gasteiger partial charge in [-0.2, -0.15) is 0 Å². The molecule has 0 saturated carbocycles. The standard InChI is InChI=1S/C27H24N2O2/c1-19-8-5-6-13-23(19)27(31)29-25(16-20-9-3-2-4-10-20)26(30)17-21-11-7-12-22-18-28-15-14-24(21)22/h2-15,18,25H,16-17H2,1H3,(H,29,31). The molecule has 154 valence electrons. The number of pyridine rings is 1. The molecule has 31 heavy (non-hydrogen) atoms. The Balaban J connectivity index is 1.60. The minimum atomic E-state index is -0.619. The number of ketones is 1. The van der Waals surface area contributed by atoms with Crippen molar-refractivity contribution in [1.82, 2.24) is 10.3 Å². The second-order valence-electron chi connectivity index (χ2n) is 7.69. The molecule has 1 unspecified atom stereocenters. The third kappa shape index (κ3) is 4.86. The number of fused-ring (bicyclic) bond motifs is 1. The van der Waals surface area contributed by atoms with Crippen molar-refractivity contribution >= 4 is 22.5 Å². The Kier molecular flexibility index (Phi) is 6.18. The van der Waals surface area contributed by atoms with Crippen LogP contribution < -0.4 is 5.32 Å². The first-order valence-electron chi connectivity index (χ1n) is 10.4. The van der Waals surface area contributed by atoms with Crippen molar-refractivity contribution in [2.75, 3.05) is 0 Å². The average Bonchev–Trinajstić information content (AvgIpc) is 2.80. The number of nitrogens with one attached hydrogen (secondary N) is 1. The lowest BCUT2D eigenvalue weighted by atomic mass is 9.95. The van der Waals surface area contributed by atoms with E-state index in [0.717, 1.165) is 27.5 Å². The lowest BCUT2D eigenvalue weighted by Gasteiger charge is -2.19. The zero-order valence-electron chi connectivity index (χ0n) is 17.4. The van der Waals surface area contributed by atoms with E-state index in [4.69, 9.17) is 0 Å². The van der Waals surface area contributed by atoms with Crippen molar-refractivity contribution in [2.24, 2.45) is 0 Å². The first kappa shape index (κ1) is 20.5. The Morgan fingerprint density at radius 1 is 0.903 bits per heavy atom. The largest absolute Gasteiger partial charge is 0.342 e. The Morgan fingerprint density at radius 2 is 1.68 bits per heavy atom. The fourth-order valence-corrected chi connectivity index (χ4v) is 3.81. The van der Waals surface area contributed by atoms with Gasteiger partial charge in [0.1, 0.15) is 0 Å². The molecular formula is C27H24N2O2. The van der Waals surface area contributed by atoms with Crippen LogP contribution in [0.4, 0.5) is 0 Å². The van der Waals surface area contributed by atoms with Crippen molar-refractivity contribution in [3.05, 3.63) is 114 Å². The number of carbonyl (C=O) groups excluding carboxylic acids is 2. The first-order valence-corrected chi connectivity index (χ1v) is 10.4. The summed E-state index contributed by atoms with van der Waals surface area (Å²) in [6, 6.07) is 24.4. The van der Waals surface area contributed by atoms with E-state index < -0.39 is 6.04 Å². The summed E-state index contributed by atoms with van der Waals surface area (Å²) in [5.74, 6) is -0.246. The van der Waals surface area contributed by atoms with Crippen LogP contribution in [-0.2, 0) is 17.6 Å². The van der Waals surface area contributed by atoms with Gasteiger partial charge in [-0.1, -0.05) is 66.7 Å². The molecule has 3 aromatic carbocycles. The molecule has 1 N–H and O–H groups in total. The van der Waals surface area contributed by atoms with Crippen molar-refractivity contribution in [1.29, 1.82) is 0 Å². The van der Waals surface area contributed by atoms with Gasteiger partial charge in [0.15, 0.2) is 5.78 Å². The van der Waals surface area contributed by atoms with Crippen molar-refractivity contribution in [2.45, 2.75) is 25.8 Å². The molecule has 1 amide bonds. The number of carbonyl (C=O) groups is 2. The Morgan fingerprint density at radius 3 is 2.48 bits per heavy atom. The van der Waals surface area contributed by atoms with Crippen molar-refractivity contribution in [3.63, 3.8) is 0 Å². The number of aromatic nitrogens is 1. The molecule has 1 atom stereocenters. The number of nitrogens with zero attached hydrogens (tertiary/aromatic N) is 1. The van der Waals surface area contributed by atoms with Crippen molar-refractivity contribution in [3.8, 4) is 0 Å². The lowest BCUT2D eigenvalue weighted by Crippen LogP contribution is -2.43. The van der Waals surface area contributed by atoms with Gasteiger partial charge in [-0.25, -0.2) is 0 Å². The van der Waals surface area contributed by atoms with E-state index in [-0.39, 0.29) is 18.1 Å². The zero-order valence-corrected chi connectivity index (χ0v) is 17.4. The van der Waals surface area contributed by atoms with E-state index in [1.54, 1.807) is 18.5 Å². The van der Waals surface area contributed by atoms with Gasteiger partial charge in [0.2, 0.25) is 0 Å². The summed E-state index contributed by atoms with van der Waals surface area (Å²) in [7, 11) is 0. The summed E-state index contributed by atoms with van der Waals surface area (Å²) in [5.41, 5.74) is 3.42. The summed E-state index contributed by atoms with van der Waals surface area (Å²) < 4.78 is 0. The molecule has 0 bridgehead atoms. The van der Waals surface area contributed by atoms with Crippen LogP contribution in [0.1, 0.15) is 27.0 Å². The van der Waals surface area contributed by atoms with E-state index >= 15 is 0 Å². The highest BCUT2D eigenvalue weighted by molar-refractivity contribution is 6.00. The fourth-order valence-electron chi connectivity index (χ4n) is 3.81. The number of hydrogen-bond acceptors (Lipinski definition) is 3. The van der Waals surface area contributed by atoms with Crippen LogP contribution in [0.3, 0.4) is 0 Å². The average molecular weight is 409 g/mol. The number of hydrogen-bond donors (Lipinski definition) is 1. The summed E-state index contributed by atoms with van der Waals surface area (Å²) >= 11 is 0. The minimum Gasteiger partial charge on any atom is -0.342 e. The third-order valence-corrected chi connectivity index (χ3v) is 5.50. The molecule has 4 heteroatoms. The van der Waals surface area contributed by atoms with Crippen LogP contribution in [0.5, 0.6) is 0 Å². The summed E-state index contributed by atoms with van der Waals surface area (Å²) in [6.45, 7) is 1.90. The van der Waals surface area contributed by atoms with Gasteiger partial charge in [-0.15, -0.1) is 0 Å². The van der Waals surface area contributed by atoms with E-state index in [1.165, 1.54) is 0 Å². The minimum absolute atomic E-state index is 0.0184. The molecule has 4 rings (SSSR count). The number of benzene rings is 3.